The van der Waals surface area contributed by atoms with Crippen molar-refractivity contribution in [1.29, 1.82) is 0 Å². The van der Waals surface area contributed by atoms with E-state index in [0.29, 0.717) is 5.02 Å². The normalized spacial score (nSPS) is 27.7. The lowest BCUT2D eigenvalue weighted by atomic mass is 9.84. The number of amides is 8. The van der Waals surface area contributed by atoms with Crippen molar-refractivity contribution >= 4 is 109 Å². The average molecular weight is 2100 g/mol. The van der Waals surface area contributed by atoms with Gasteiger partial charge in [-0.1, -0.05) is 103 Å². The number of carbonyl (C=O) groups excluding carboxylic acids is 9. The Morgan fingerprint density at radius 3 is 1.82 bits per heavy atom. The number of phenols is 3. The number of hydrogen-bond acceptors (Lipinski definition) is 32. The minimum atomic E-state index is -5.58. The van der Waals surface area contributed by atoms with Gasteiger partial charge in [0.25, 0.3) is 0 Å². The number of carboxylic acids is 1. The summed E-state index contributed by atoms with van der Waals surface area (Å²) in [5, 5.41) is 133. The Labute approximate surface area is 830 Å². The number of esters is 1. The lowest BCUT2D eigenvalue weighted by Gasteiger charge is -2.48. The molecule has 0 aliphatic carbocycles. The van der Waals surface area contributed by atoms with Crippen LogP contribution < -0.4 is 62.9 Å². The first-order valence-electron chi connectivity index (χ1n) is 44.9. The molecule has 0 saturated carbocycles. The third-order valence-electron chi connectivity index (χ3n) is 25.3. The van der Waals surface area contributed by atoms with E-state index in [0.717, 1.165) is 101 Å². The molecule has 8 heterocycles. The molecule has 22 atom stereocenters. The van der Waals surface area contributed by atoms with E-state index in [1.54, 1.807) is 32.9 Å². The number of ether oxygens (including phenoxy) is 9. The highest BCUT2D eigenvalue weighted by Gasteiger charge is 2.54. The summed E-state index contributed by atoms with van der Waals surface area (Å²) < 4.78 is 81.7. The number of aliphatic hydroxyl groups is 6. The summed E-state index contributed by atoms with van der Waals surface area (Å²) in [5.74, 6) is -20.5. The smallest absolute Gasteiger partial charge is 0.341 e. The molecule has 3 fully saturated rings. The molecule has 25 N–H and O–H groups in total. The van der Waals surface area contributed by atoms with Crippen LogP contribution in [0.1, 0.15) is 150 Å². The molecule has 1 unspecified atom stereocenters. The fraction of sp³-hybridized carbons (Fsp3) is 0.441. The number of nitrogens with zero attached hydrogens (tertiary/aromatic N) is 1. The topological polar surface area (TPSA) is 711 Å². The Kier molecular flexibility index (Phi) is 34.1. The van der Waals surface area contributed by atoms with E-state index in [2.05, 4.69) is 37.2 Å². The number of carboxylic acid groups (broad SMARTS) is 1. The number of halogens is 3. The molecule has 7 aromatic carbocycles. The summed E-state index contributed by atoms with van der Waals surface area (Å²) in [5.41, 5.74) is 8.88. The van der Waals surface area contributed by atoms with Gasteiger partial charge < -0.3 is 167 Å². The predicted molar refractivity (Wildman–Crippen MR) is 502 cm³/mol. The molecule has 45 nitrogen and oxygen atoms in total. The van der Waals surface area contributed by atoms with Crippen molar-refractivity contribution in [3.05, 3.63) is 176 Å². The number of aromatic hydroxyl groups is 3. The van der Waals surface area contributed by atoms with Crippen LogP contribution in [0.25, 0.3) is 22.3 Å². The zero-order chi connectivity index (χ0) is 104. The fourth-order valence-electron chi connectivity index (χ4n) is 17.6. The summed E-state index contributed by atoms with van der Waals surface area (Å²) >= 11 is 20.9. The quantitative estimate of drug-likeness (QED) is 0.0195. The molecule has 3 saturated heterocycles. The van der Waals surface area contributed by atoms with E-state index in [1.165, 1.54) is 26.8 Å². The van der Waals surface area contributed by atoms with Crippen LogP contribution in [0.3, 0.4) is 0 Å². The molecule has 0 aromatic heterocycles. The molecule has 0 spiro atoms. The first-order chi connectivity index (χ1) is 67.2. The molecule has 11 bridgehead atoms. The van der Waals surface area contributed by atoms with Gasteiger partial charge in [-0.3, -0.25) is 52.3 Å². The first kappa shape index (κ1) is 109. The SMILES string of the molecule is CC(C)C[C@H](C(=O)N[C@H]1C(=O)N[C@@H](CC(N)=O)C(=O)N[C@H]2C(=O)N[C@H]3C(=O)N[C@H](C(=O)N[C@H](C(=O)O)c4cc(O)cc(O)c4-c4cc3ccc4O)[C@H](O[C@H]3C[C@](C)(N)[C@@H](O)[C@H](C)O3)c3ccc(c(Cl)c3)Oc3cc2cc(c3OC2O[C@H](CO)[C@@H](O)[C@H](O)[C@H]2O[C@H]2C[C@](C)(NCc3ccc(-c4ccc(Cl)cc4)cc3)[C@@H](O)[C@H](C)O2)Oc2ccc(cc2Cl)[C@H]1O)N(C)C(=O)CCCOC(=O)CC(P(=O)(O)O)P(=O)(O)O. The van der Waals surface area contributed by atoms with Crippen LogP contribution in [0.5, 0.6) is 46.0 Å². The summed E-state index contributed by atoms with van der Waals surface area (Å²) in [4.78, 5) is 189. The van der Waals surface area contributed by atoms with E-state index in [1.807, 2.05) is 36.4 Å². The van der Waals surface area contributed by atoms with Crippen LogP contribution in [0.4, 0.5) is 0 Å². The molecule has 0 radical (unpaired) electrons. The number of hydrogen-bond donors (Lipinski definition) is 23. The van der Waals surface area contributed by atoms with Gasteiger partial charge in [-0.2, -0.15) is 0 Å². The molecule has 772 valence electrons. The number of likely N-dealkylation sites (N-methyl/N-ethyl adjacent to an activating group) is 1. The van der Waals surface area contributed by atoms with Crippen molar-refractivity contribution in [1.82, 2.24) is 42.1 Å². The Hall–Kier alpha value is -11.3. The number of fused-ring (bicyclic) bond motifs is 15. The Morgan fingerprint density at radius 1 is 0.643 bits per heavy atom. The van der Waals surface area contributed by atoms with Gasteiger partial charge in [-0.15, -0.1) is 0 Å². The molecule has 8 aliphatic heterocycles. The third kappa shape index (κ3) is 25.3. The predicted octanol–water partition coefficient (Wildman–Crippen LogP) is 4.13. The van der Waals surface area contributed by atoms with Gasteiger partial charge in [0.15, 0.2) is 41.6 Å². The number of nitrogens with two attached hydrogens (primary N) is 2. The van der Waals surface area contributed by atoms with Gasteiger partial charge in [0.05, 0.1) is 60.5 Å². The number of aliphatic hydroxyl groups excluding tert-OH is 6. The van der Waals surface area contributed by atoms with Gasteiger partial charge >= 0.3 is 27.1 Å². The molecule has 8 aliphatic rings. The minimum absolute atomic E-state index is 0.148. The lowest BCUT2D eigenvalue weighted by molar-refractivity contribution is -0.334. The second-order valence-corrected chi connectivity index (χ2v) is 41.8. The largest absolute Gasteiger partial charge is 0.508 e. The molecule has 143 heavy (non-hydrogen) atoms. The van der Waals surface area contributed by atoms with Crippen molar-refractivity contribution in [3.8, 4) is 68.2 Å². The highest BCUT2D eigenvalue weighted by molar-refractivity contribution is 7.70. The van der Waals surface area contributed by atoms with Crippen molar-refractivity contribution < 1.29 is 170 Å². The van der Waals surface area contributed by atoms with Crippen molar-refractivity contribution in [2.45, 2.75) is 232 Å². The van der Waals surface area contributed by atoms with Crippen LogP contribution in [0, 0.1) is 5.92 Å². The zero-order valence-corrected chi connectivity index (χ0v) is 81.4. The number of aliphatic carboxylic acids is 1. The van der Waals surface area contributed by atoms with Crippen LogP contribution >= 0.6 is 50.0 Å². The summed E-state index contributed by atoms with van der Waals surface area (Å²) in [6.45, 7) is 7.77. The zero-order valence-electron chi connectivity index (χ0n) is 77.4. The number of nitrogens with one attached hydrogen (secondary N) is 7. The minimum Gasteiger partial charge on any atom is -0.508 e. The average Bonchev–Trinajstić information content (AvgIpc) is 0.759. The summed E-state index contributed by atoms with van der Waals surface area (Å²) in [6, 6.07) is 12.0. The number of phenolic OH excluding ortho intramolecular Hbond substituents is 3. The maximum atomic E-state index is 16.7. The number of primary amides is 1. The number of carbonyl (C=O) groups is 10. The second kappa shape index (κ2) is 44.7. The standard InChI is InChI=1S/C93H109Cl3N10O35P2/c1-39(2)25-56(106(7)65(112)9-8-24-133-66(113)34-69(142(127,128)129)143(130,131)132)85(120)104-74-76(114)46-17-22-59(53(95)27-46)136-61-29-48-30-62(80(61)141-91-81(78(116)77(115)63(38-107)138-91)140-68-36-93(6,83(118)41(4)135-68)99-37-42-10-12-43(13-11-42)44-14-19-49(94)20-15-44)137-60-23-18-47(28-54(60)96)79(139-67-35-92(5,98)82(117)40(3)134-67)75-89(124)103-73(90(125)126)52-31-50(108)32-58(110)70(52)51-26-45(16-21-57(51)109)71(86(121)105-75)102-87(122)72(48)101-84(119)55(33-64(97)111)100-88(74)123/h10-23,26-32,39-41,55-56,63,67-69,71-79,81-83,91,99,107-110,114-118H,8-9,24-25,33-38,98H2,1-7H3,(H2,97,111)(H,100,123)(H,101,119)(H,102,122)(H,103,124)(H,104,120)(H,105,121)(H,125,126)(H2,127,128,129)(H2,130,131,132)/t40-,41-,55-,56+,63+,67-,68-,71+,72+,73-,74+,75-,76+,77+,78-,79+,81+,82-,83-,91?,92-,93-/m0/s1. The van der Waals surface area contributed by atoms with Gasteiger partial charge in [0, 0.05) is 71.7 Å². The molecule has 7 aromatic rings. The van der Waals surface area contributed by atoms with Gasteiger partial charge in [-0.25, -0.2) is 4.79 Å². The van der Waals surface area contributed by atoms with E-state index in [4.69, 9.17) is 88.9 Å². The van der Waals surface area contributed by atoms with Crippen LogP contribution in [-0.2, 0) is 92.0 Å². The van der Waals surface area contributed by atoms with E-state index in [-0.39, 0.29) is 36.9 Å². The maximum Gasteiger partial charge on any atom is 0.341 e. The molecule has 15 rings (SSSR count). The highest BCUT2D eigenvalue weighted by Crippen LogP contribution is 2.61. The van der Waals surface area contributed by atoms with Crippen LogP contribution in [0.2, 0.25) is 15.1 Å². The van der Waals surface area contributed by atoms with E-state index < -0.39 is 342 Å². The molecule has 8 amide bonds. The summed E-state index contributed by atoms with van der Waals surface area (Å²) in [6.07, 6.45) is -27.0. The number of rotatable bonds is 27. The second-order valence-electron chi connectivity index (χ2n) is 36.6. The van der Waals surface area contributed by atoms with Gasteiger partial charge in [0.1, 0.15) is 95.5 Å². The summed E-state index contributed by atoms with van der Waals surface area (Å²) in [7, 11) is -10.00. The van der Waals surface area contributed by atoms with Crippen molar-refractivity contribution in [2.24, 2.45) is 17.4 Å². The molecule has 50 heteroatoms. The van der Waals surface area contributed by atoms with Gasteiger partial charge in [-0.05, 0) is 152 Å². The van der Waals surface area contributed by atoms with Crippen molar-refractivity contribution in [2.75, 3.05) is 20.3 Å². The fourth-order valence-corrected chi connectivity index (χ4v) is 20.5. The highest BCUT2D eigenvalue weighted by atomic mass is 35.5. The van der Waals surface area contributed by atoms with E-state index in [9.17, 15) is 98.9 Å². The van der Waals surface area contributed by atoms with E-state index >= 15 is 28.8 Å². The molecular weight excluding hydrogens is 1990 g/mol. The molecular formula is C93H109Cl3N10O35P2. The van der Waals surface area contributed by atoms with Crippen LogP contribution in [-0.4, -0.2) is 263 Å². The lowest BCUT2D eigenvalue weighted by Crippen LogP contribution is -2.65. The third-order valence-corrected chi connectivity index (χ3v) is 29.9. The Morgan fingerprint density at radius 2 is 1.22 bits per heavy atom. The Bertz CT molecular complexity index is 6060. The van der Waals surface area contributed by atoms with Crippen molar-refractivity contribution in [3.63, 3.8) is 0 Å². The van der Waals surface area contributed by atoms with Crippen LogP contribution in [0.15, 0.2) is 127 Å². The Balaban J connectivity index is 0.976. The maximum absolute atomic E-state index is 16.7. The first-order valence-corrected chi connectivity index (χ1v) is 49.4. The number of benzene rings is 7. The monoisotopic (exact) mass is 2090 g/mol. The van der Waals surface area contributed by atoms with Gasteiger partial charge in [0.2, 0.25) is 59.3 Å².